The maximum Gasteiger partial charge on any atom is 0.296 e. The summed E-state index contributed by atoms with van der Waals surface area (Å²) >= 11 is 14.6. The molecule has 0 spiro atoms. The largest absolute Gasteiger partial charge is 0.503 e. The number of aliphatic hydroxyl groups is 1. The minimum atomic E-state index is -0.899. The molecule has 1 amide bonds. The van der Waals surface area contributed by atoms with E-state index in [1.807, 2.05) is 0 Å². The molecule has 1 unspecified atom stereocenters. The Morgan fingerprint density at radius 1 is 1.21 bits per heavy atom. The van der Waals surface area contributed by atoms with Crippen molar-refractivity contribution < 1.29 is 14.7 Å². The molecule has 0 fully saturated rings. The number of aromatic nitrogens is 2. The van der Waals surface area contributed by atoms with Crippen LogP contribution in [0.25, 0.3) is 0 Å². The summed E-state index contributed by atoms with van der Waals surface area (Å²) in [5, 5.41) is 21.8. The standard InChI is InChI=1S/C18H11Cl2N3O3S2/c1-8-21-22-18(28-8)23-14(9-4-5-10(19)11(20)7-9)13(16(25)17(23)26)15(24)12-3-2-6-27-12/h2-7,14,25H,1H3. The predicted octanol–water partition coefficient (Wildman–Crippen LogP) is 5.00. The number of ketones is 1. The quantitative estimate of drug-likeness (QED) is 0.564. The van der Waals surface area contributed by atoms with Crippen LogP contribution in [-0.2, 0) is 4.79 Å². The van der Waals surface area contributed by atoms with Gasteiger partial charge < -0.3 is 5.11 Å². The Bertz CT molecular complexity index is 1130. The normalized spacial score (nSPS) is 16.9. The summed E-state index contributed by atoms with van der Waals surface area (Å²) in [5.74, 6) is -1.75. The topological polar surface area (TPSA) is 83.4 Å². The Morgan fingerprint density at radius 3 is 2.61 bits per heavy atom. The van der Waals surface area contributed by atoms with Crippen molar-refractivity contribution in [2.24, 2.45) is 0 Å². The molecule has 10 heteroatoms. The van der Waals surface area contributed by atoms with E-state index in [-0.39, 0.29) is 15.7 Å². The minimum absolute atomic E-state index is 0.0290. The van der Waals surface area contributed by atoms with E-state index in [4.69, 9.17) is 23.2 Å². The van der Waals surface area contributed by atoms with Crippen molar-refractivity contribution in [3.8, 4) is 0 Å². The molecule has 1 aromatic carbocycles. The molecule has 4 rings (SSSR count). The number of hydrogen-bond acceptors (Lipinski definition) is 7. The number of nitrogens with zero attached hydrogens (tertiary/aromatic N) is 3. The number of aryl methyl sites for hydroxylation is 1. The summed E-state index contributed by atoms with van der Waals surface area (Å²) in [7, 11) is 0. The van der Waals surface area contributed by atoms with Gasteiger partial charge in [0, 0.05) is 0 Å². The molecule has 0 bridgehead atoms. The highest BCUT2D eigenvalue weighted by Gasteiger charge is 2.46. The Labute approximate surface area is 177 Å². The molecular weight excluding hydrogens is 441 g/mol. The van der Waals surface area contributed by atoms with Crippen LogP contribution in [0.15, 0.2) is 47.0 Å². The first-order chi connectivity index (χ1) is 13.4. The molecule has 3 aromatic rings. The predicted molar refractivity (Wildman–Crippen MR) is 110 cm³/mol. The zero-order chi connectivity index (χ0) is 20.0. The Hall–Kier alpha value is -2.26. The monoisotopic (exact) mass is 451 g/mol. The second-order valence-corrected chi connectivity index (χ2v) is 8.85. The van der Waals surface area contributed by atoms with Gasteiger partial charge in [-0.1, -0.05) is 46.7 Å². The van der Waals surface area contributed by atoms with Crippen molar-refractivity contribution in [2.45, 2.75) is 13.0 Å². The van der Waals surface area contributed by atoms with Gasteiger partial charge in [0.05, 0.1) is 26.5 Å². The first-order valence-electron chi connectivity index (χ1n) is 7.98. The van der Waals surface area contributed by atoms with Gasteiger partial charge in [0.15, 0.2) is 5.76 Å². The molecule has 0 radical (unpaired) electrons. The van der Waals surface area contributed by atoms with E-state index in [0.717, 1.165) is 0 Å². The zero-order valence-electron chi connectivity index (χ0n) is 14.2. The molecule has 1 atom stereocenters. The summed E-state index contributed by atoms with van der Waals surface area (Å²) < 4.78 is 0. The number of amides is 1. The molecule has 1 aliphatic heterocycles. The number of aliphatic hydroxyl groups excluding tert-OH is 1. The van der Waals surface area contributed by atoms with Crippen LogP contribution in [0, 0.1) is 6.92 Å². The lowest BCUT2D eigenvalue weighted by Crippen LogP contribution is -2.31. The number of hydrogen-bond donors (Lipinski definition) is 1. The van der Waals surface area contributed by atoms with Gasteiger partial charge in [-0.3, -0.25) is 14.5 Å². The van der Waals surface area contributed by atoms with Gasteiger partial charge >= 0.3 is 0 Å². The number of carbonyl (C=O) groups excluding carboxylic acids is 2. The van der Waals surface area contributed by atoms with E-state index in [1.165, 1.54) is 27.6 Å². The molecule has 0 saturated carbocycles. The first kappa shape index (κ1) is 19.1. The van der Waals surface area contributed by atoms with Crippen molar-refractivity contribution in [3.05, 3.63) is 72.5 Å². The fourth-order valence-electron chi connectivity index (χ4n) is 2.96. The fraction of sp³-hybridized carbons (Fsp3) is 0.111. The summed E-state index contributed by atoms with van der Waals surface area (Å²) in [6.07, 6.45) is 0. The van der Waals surface area contributed by atoms with Gasteiger partial charge in [0.1, 0.15) is 5.01 Å². The lowest BCUT2D eigenvalue weighted by atomic mass is 9.95. The fourth-order valence-corrected chi connectivity index (χ4v) is 4.65. The number of carbonyl (C=O) groups is 2. The maximum absolute atomic E-state index is 13.1. The van der Waals surface area contributed by atoms with Crippen molar-refractivity contribution >= 4 is 62.7 Å². The number of rotatable bonds is 4. The molecule has 3 heterocycles. The molecule has 142 valence electrons. The molecule has 2 aromatic heterocycles. The Morgan fingerprint density at radius 2 is 2.00 bits per heavy atom. The van der Waals surface area contributed by atoms with Gasteiger partial charge in [0.2, 0.25) is 10.9 Å². The minimum Gasteiger partial charge on any atom is -0.503 e. The summed E-state index contributed by atoms with van der Waals surface area (Å²) in [4.78, 5) is 27.7. The van der Waals surface area contributed by atoms with Gasteiger partial charge in [-0.15, -0.1) is 21.5 Å². The van der Waals surface area contributed by atoms with Crippen LogP contribution in [-0.4, -0.2) is 27.0 Å². The van der Waals surface area contributed by atoms with Gasteiger partial charge in [-0.25, -0.2) is 0 Å². The lowest BCUT2D eigenvalue weighted by molar-refractivity contribution is -0.117. The highest BCUT2D eigenvalue weighted by atomic mass is 35.5. The maximum atomic E-state index is 13.1. The number of halogens is 2. The van der Waals surface area contributed by atoms with E-state index in [0.29, 0.717) is 20.5 Å². The average molecular weight is 452 g/mol. The molecule has 28 heavy (non-hydrogen) atoms. The Kier molecular flexibility index (Phi) is 4.96. The third-order valence-corrected chi connectivity index (χ3v) is 6.62. The van der Waals surface area contributed by atoms with Crippen molar-refractivity contribution in [3.63, 3.8) is 0 Å². The third-order valence-electron chi connectivity index (χ3n) is 4.18. The molecule has 0 saturated heterocycles. The van der Waals surface area contributed by atoms with E-state index in [9.17, 15) is 14.7 Å². The third kappa shape index (κ3) is 3.12. The van der Waals surface area contributed by atoms with Crippen LogP contribution in [0.5, 0.6) is 0 Å². The van der Waals surface area contributed by atoms with Crippen molar-refractivity contribution in [2.75, 3.05) is 4.90 Å². The van der Waals surface area contributed by atoms with E-state index >= 15 is 0 Å². The van der Waals surface area contributed by atoms with E-state index in [2.05, 4.69) is 10.2 Å². The number of benzene rings is 1. The van der Waals surface area contributed by atoms with E-state index < -0.39 is 23.5 Å². The summed E-state index contributed by atoms with van der Waals surface area (Å²) in [6.45, 7) is 1.75. The van der Waals surface area contributed by atoms with Crippen molar-refractivity contribution in [1.82, 2.24) is 10.2 Å². The smallest absolute Gasteiger partial charge is 0.296 e. The second-order valence-electron chi connectivity index (χ2n) is 5.92. The van der Waals surface area contributed by atoms with Gasteiger partial charge in [-0.2, -0.15) is 0 Å². The highest BCUT2D eigenvalue weighted by Crippen LogP contribution is 2.44. The van der Waals surface area contributed by atoms with Crippen LogP contribution >= 0.6 is 45.9 Å². The molecule has 6 nitrogen and oxygen atoms in total. The number of thiophene rings is 1. The average Bonchev–Trinajstić information content (AvgIpc) is 3.39. The molecule has 1 N–H and O–H groups in total. The van der Waals surface area contributed by atoms with Crippen molar-refractivity contribution in [1.29, 1.82) is 0 Å². The van der Waals surface area contributed by atoms with Crippen LogP contribution in [0.4, 0.5) is 5.13 Å². The molecule has 1 aliphatic rings. The SMILES string of the molecule is Cc1nnc(N2C(=O)C(O)=C(C(=O)c3cccs3)C2c2ccc(Cl)c(Cl)c2)s1. The first-order valence-corrected chi connectivity index (χ1v) is 10.4. The van der Waals surface area contributed by atoms with Crippen LogP contribution < -0.4 is 4.90 Å². The Balaban J connectivity index is 1.90. The summed E-state index contributed by atoms with van der Waals surface area (Å²) in [6, 6.07) is 7.28. The van der Waals surface area contributed by atoms with Crippen LogP contribution in [0.1, 0.15) is 26.3 Å². The van der Waals surface area contributed by atoms with E-state index in [1.54, 1.807) is 42.6 Å². The number of anilines is 1. The van der Waals surface area contributed by atoms with Crippen LogP contribution in [0.2, 0.25) is 10.0 Å². The van der Waals surface area contributed by atoms with Crippen LogP contribution in [0.3, 0.4) is 0 Å². The second kappa shape index (κ2) is 7.29. The zero-order valence-corrected chi connectivity index (χ0v) is 17.4. The number of Topliss-reactive ketones (excluding diaryl/α,β-unsaturated/α-hetero) is 1. The summed E-state index contributed by atoms with van der Waals surface area (Å²) in [5.41, 5.74) is 0.498. The highest BCUT2D eigenvalue weighted by molar-refractivity contribution is 7.15. The molecular formula is C18H11Cl2N3O3S2. The van der Waals surface area contributed by atoms with Gasteiger partial charge in [-0.05, 0) is 36.1 Å². The van der Waals surface area contributed by atoms with Gasteiger partial charge in [0.25, 0.3) is 5.91 Å². The molecule has 0 aliphatic carbocycles. The lowest BCUT2D eigenvalue weighted by Gasteiger charge is -2.24.